The summed E-state index contributed by atoms with van der Waals surface area (Å²) in [5, 5.41) is 3.84. The number of para-hydroxylation sites is 1. The van der Waals surface area contributed by atoms with Crippen LogP contribution in [0.4, 0.5) is 13.2 Å². The van der Waals surface area contributed by atoms with Crippen LogP contribution in [0.2, 0.25) is 0 Å². The van der Waals surface area contributed by atoms with E-state index in [9.17, 15) is 18.0 Å². The molecule has 1 aliphatic heterocycles. The summed E-state index contributed by atoms with van der Waals surface area (Å²) < 4.78 is 38.6. The largest absolute Gasteiger partial charge is 0.416 e. The fourth-order valence-corrected chi connectivity index (χ4v) is 4.05. The zero-order valence-corrected chi connectivity index (χ0v) is 18.3. The van der Waals surface area contributed by atoms with Gasteiger partial charge in [0.1, 0.15) is 0 Å². The summed E-state index contributed by atoms with van der Waals surface area (Å²) in [5.74, 6) is 0.260. The van der Waals surface area contributed by atoms with Crippen molar-refractivity contribution in [2.45, 2.75) is 39.0 Å². The molecule has 1 saturated heterocycles. The van der Waals surface area contributed by atoms with E-state index in [1.807, 2.05) is 25.1 Å². The number of nitrogens with one attached hydrogen (secondary N) is 1. The quantitative estimate of drug-likeness (QED) is 0.578. The predicted molar refractivity (Wildman–Crippen MR) is 119 cm³/mol. The highest BCUT2D eigenvalue weighted by Crippen LogP contribution is 2.33. The molecule has 1 fully saturated rings. The lowest BCUT2D eigenvalue weighted by atomic mass is 9.91. The third-order valence-electron chi connectivity index (χ3n) is 6.23. The molecule has 2 aromatic carbocycles. The minimum atomic E-state index is -4.37. The van der Waals surface area contributed by atoms with Gasteiger partial charge in [0.25, 0.3) is 5.91 Å². The van der Waals surface area contributed by atoms with Gasteiger partial charge in [-0.05, 0) is 44.5 Å². The molecule has 32 heavy (non-hydrogen) atoms. The molecule has 0 radical (unpaired) electrons. The molecule has 0 unspecified atom stereocenters. The second kappa shape index (κ2) is 8.54. The number of rotatable bonds is 5. The van der Waals surface area contributed by atoms with Crippen LogP contribution in [0.15, 0.2) is 54.7 Å². The predicted octanol–water partition coefficient (Wildman–Crippen LogP) is 5.38. The van der Waals surface area contributed by atoms with Gasteiger partial charge in [-0.2, -0.15) is 13.2 Å². The number of carbonyl (C=O) groups excluding carboxylic acids is 1. The first-order valence-corrected chi connectivity index (χ1v) is 10.7. The van der Waals surface area contributed by atoms with Crippen molar-refractivity contribution >= 4 is 16.8 Å². The molecule has 0 spiro atoms. The van der Waals surface area contributed by atoms with Gasteiger partial charge in [0.2, 0.25) is 0 Å². The summed E-state index contributed by atoms with van der Waals surface area (Å²) in [7, 11) is 0. The van der Waals surface area contributed by atoms with Crippen LogP contribution in [0.3, 0.4) is 0 Å². The lowest BCUT2D eigenvalue weighted by Gasteiger charge is -2.45. The number of benzene rings is 2. The molecular weight excluding hydrogens is 415 g/mol. The van der Waals surface area contributed by atoms with Crippen LogP contribution >= 0.6 is 0 Å². The summed E-state index contributed by atoms with van der Waals surface area (Å²) in [6.07, 6.45) is -2.85. The van der Waals surface area contributed by atoms with Crippen LogP contribution in [0.25, 0.3) is 22.0 Å². The molecule has 0 saturated carbocycles. The van der Waals surface area contributed by atoms with E-state index in [0.717, 1.165) is 36.2 Å². The van der Waals surface area contributed by atoms with Crippen molar-refractivity contribution in [1.82, 2.24) is 15.2 Å². The molecule has 1 aliphatic rings. The molecule has 1 amide bonds. The number of hydrogen-bond acceptors (Lipinski definition) is 3. The van der Waals surface area contributed by atoms with E-state index in [-0.39, 0.29) is 11.9 Å². The van der Waals surface area contributed by atoms with Gasteiger partial charge in [-0.3, -0.25) is 9.78 Å². The van der Waals surface area contributed by atoms with Gasteiger partial charge >= 0.3 is 6.18 Å². The van der Waals surface area contributed by atoms with Gasteiger partial charge in [0.15, 0.2) is 0 Å². The van der Waals surface area contributed by atoms with Gasteiger partial charge in [-0.15, -0.1) is 0 Å². The molecule has 7 heteroatoms. The third kappa shape index (κ3) is 4.48. The second-order valence-electron chi connectivity index (χ2n) is 8.75. The normalized spacial score (nSPS) is 16.2. The first kappa shape index (κ1) is 22.3. The highest BCUT2D eigenvalue weighted by molar-refractivity contribution is 6.00. The topological polar surface area (TPSA) is 45.2 Å². The van der Waals surface area contributed by atoms with Crippen LogP contribution in [-0.4, -0.2) is 41.0 Å². The molecule has 0 aliphatic carbocycles. The average Bonchev–Trinajstić information content (AvgIpc) is 2.71. The van der Waals surface area contributed by atoms with E-state index < -0.39 is 11.7 Å². The van der Waals surface area contributed by atoms with Crippen molar-refractivity contribution < 1.29 is 18.0 Å². The Labute approximate surface area is 185 Å². The molecule has 168 valence electrons. The van der Waals surface area contributed by atoms with Crippen LogP contribution in [0.1, 0.15) is 36.7 Å². The number of hydrogen-bond donors (Lipinski definition) is 1. The van der Waals surface area contributed by atoms with Crippen molar-refractivity contribution in [2.75, 3.05) is 13.1 Å². The van der Waals surface area contributed by atoms with Crippen molar-refractivity contribution in [3.63, 3.8) is 0 Å². The molecular formula is C25H26F3N3O. The zero-order valence-electron chi connectivity index (χ0n) is 18.3. The SMILES string of the molecule is CC(C)N1CC([C@@H](C)NC(=O)c2cnc3c(-c4ccc(C(F)(F)F)cc4)cccc3c2)C1. The monoisotopic (exact) mass is 441 g/mol. The zero-order chi connectivity index (χ0) is 23.0. The summed E-state index contributed by atoms with van der Waals surface area (Å²) in [6.45, 7) is 8.31. The van der Waals surface area contributed by atoms with Crippen LogP contribution in [0.5, 0.6) is 0 Å². The molecule has 0 bridgehead atoms. The van der Waals surface area contributed by atoms with Gasteiger partial charge in [-0.1, -0.05) is 30.3 Å². The highest BCUT2D eigenvalue weighted by atomic mass is 19.4. The number of alkyl halides is 3. The number of amides is 1. The summed E-state index contributed by atoms with van der Waals surface area (Å²) in [4.78, 5) is 19.6. The molecule has 2 heterocycles. The number of carbonyl (C=O) groups is 1. The van der Waals surface area contributed by atoms with E-state index in [0.29, 0.717) is 28.6 Å². The summed E-state index contributed by atoms with van der Waals surface area (Å²) in [6, 6.07) is 12.9. The highest BCUT2D eigenvalue weighted by Gasteiger charge is 2.33. The van der Waals surface area contributed by atoms with Crippen molar-refractivity contribution in [3.05, 3.63) is 65.9 Å². The van der Waals surface area contributed by atoms with Gasteiger partial charge in [0, 0.05) is 48.2 Å². The number of nitrogens with zero attached hydrogens (tertiary/aromatic N) is 2. The van der Waals surface area contributed by atoms with Gasteiger partial charge in [0.05, 0.1) is 16.6 Å². The Morgan fingerprint density at radius 3 is 2.41 bits per heavy atom. The number of likely N-dealkylation sites (tertiary alicyclic amines) is 1. The molecule has 4 nitrogen and oxygen atoms in total. The molecule has 4 rings (SSSR count). The molecule has 3 aromatic rings. The van der Waals surface area contributed by atoms with E-state index in [4.69, 9.17) is 0 Å². The average molecular weight is 441 g/mol. The fraction of sp³-hybridized carbons (Fsp3) is 0.360. The second-order valence-corrected chi connectivity index (χ2v) is 8.75. The number of halogens is 3. The Kier molecular flexibility index (Phi) is 5.95. The lowest BCUT2D eigenvalue weighted by Crippen LogP contribution is -2.57. The minimum Gasteiger partial charge on any atom is -0.349 e. The van der Waals surface area contributed by atoms with Crippen molar-refractivity contribution in [3.8, 4) is 11.1 Å². The van der Waals surface area contributed by atoms with Gasteiger partial charge in [-0.25, -0.2) is 0 Å². The lowest BCUT2D eigenvalue weighted by molar-refractivity contribution is -0.137. The van der Waals surface area contributed by atoms with Crippen LogP contribution in [0, 0.1) is 5.92 Å². The maximum atomic E-state index is 12.9. The summed E-state index contributed by atoms with van der Waals surface area (Å²) in [5.41, 5.74) is 1.78. The van der Waals surface area contributed by atoms with E-state index >= 15 is 0 Å². The van der Waals surface area contributed by atoms with E-state index in [1.165, 1.54) is 18.3 Å². The smallest absolute Gasteiger partial charge is 0.349 e. The Balaban J connectivity index is 1.52. The summed E-state index contributed by atoms with van der Waals surface area (Å²) >= 11 is 0. The Morgan fingerprint density at radius 2 is 1.78 bits per heavy atom. The first-order valence-electron chi connectivity index (χ1n) is 10.7. The van der Waals surface area contributed by atoms with Gasteiger partial charge < -0.3 is 10.2 Å². The van der Waals surface area contributed by atoms with Crippen molar-refractivity contribution in [1.29, 1.82) is 0 Å². The molecule has 1 aromatic heterocycles. The van der Waals surface area contributed by atoms with Crippen LogP contribution in [-0.2, 0) is 6.18 Å². The maximum Gasteiger partial charge on any atom is 0.416 e. The third-order valence-corrected chi connectivity index (χ3v) is 6.23. The maximum absolute atomic E-state index is 12.9. The Morgan fingerprint density at radius 1 is 1.09 bits per heavy atom. The number of aromatic nitrogens is 1. The van der Waals surface area contributed by atoms with E-state index in [1.54, 1.807) is 6.07 Å². The first-order chi connectivity index (χ1) is 15.1. The molecule has 1 N–H and O–H groups in total. The fourth-order valence-electron chi connectivity index (χ4n) is 4.05. The number of pyridine rings is 1. The van der Waals surface area contributed by atoms with E-state index in [2.05, 4.69) is 29.0 Å². The minimum absolute atomic E-state index is 0.0617. The van der Waals surface area contributed by atoms with Crippen LogP contribution < -0.4 is 5.32 Å². The number of fused-ring (bicyclic) bond motifs is 1. The standard InChI is InChI=1S/C25H26F3N3O/c1-15(2)31-13-20(14-31)16(3)30-24(32)19-11-18-5-4-6-22(23(18)29-12-19)17-7-9-21(10-8-17)25(26,27)28/h4-12,15-16,20H,13-14H2,1-3H3,(H,30,32)/t16-/m1/s1. The van der Waals surface area contributed by atoms with Crippen molar-refractivity contribution in [2.24, 2.45) is 5.92 Å². The molecule has 1 atom stereocenters. The Bertz CT molecular complexity index is 1120. The Hall–Kier alpha value is -2.93.